The molecule has 0 bridgehead atoms. The quantitative estimate of drug-likeness (QED) is 0.567. The molecule has 94 valence electrons. The van der Waals surface area contributed by atoms with Crippen LogP contribution in [-0.2, 0) is 0 Å². The molecule has 5 N–H and O–H groups in total. The molecule has 0 aliphatic carbocycles. The lowest BCUT2D eigenvalue weighted by Crippen LogP contribution is -2.19. The Kier molecular flexibility index (Phi) is 4.78. The van der Waals surface area contributed by atoms with Gasteiger partial charge in [0.1, 0.15) is 0 Å². The Morgan fingerprint density at radius 1 is 1.53 bits per heavy atom. The fourth-order valence-corrected chi connectivity index (χ4v) is 1.34. The fraction of sp³-hybridized carbons (Fsp3) is 0.417. The molecule has 1 amide bonds. The summed E-state index contributed by atoms with van der Waals surface area (Å²) in [6.07, 6.45) is 0. The van der Waals surface area contributed by atoms with Crippen LogP contribution >= 0.6 is 0 Å². The third kappa shape index (κ3) is 3.64. The van der Waals surface area contributed by atoms with Gasteiger partial charge in [-0.05, 0) is 24.1 Å². The van der Waals surface area contributed by atoms with Gasteiger partial charge in [0.05, 0.1) is 11.4 Å². The third-order valence-corrected chi connectivity index (χ3v) is 2.50. The minimum atomic E-state index is -0.150. The van der Waals surface area contributed by atoms with Crippen molar-refractivity contribution in [2.24, 2.45) is 5.92 Å². The Hall–Kier alpha value is -1.75. The number of nitrogen functional groups attached to an aromatic ring is 1. The zero-order chi connectivity index (χ0) is 12.8. The van der Waals surface area contributed by atoms with Gasteiger partial charge in [-0.2, -0.15) is 0 Å². The summed E-state index contributed by atoms with van der Waals surface area (Å²) in [6, 6.07) is 5.07. The predicted molar refractivity (Wildman–Crippen MR) is 69.0 cm³/mol. The van der Waals surface area contributed by atoms with Crippen LogP contribution in [0.25, 0.3) is 0 Å². The van der Waals surface area contributed by atoms with Gasteiger partial charge in [-0.1, -0.05) is 6.92 Å². The van der Waals surface area contributed by atoms with Crippen molar-refractivity contribution >= 4 is 17.3 Å². The normalized spacial score (nSPS) is 11.9. The number of rotatable bonds is 5. The van der Waals surface area contributed by atoms with E-state index in [4.69, 9.17) is 10.8 Å². The lowest BCUT2D eigenvalue weighted by Gasteiger charge is -2.13. The van der Waals surface area contributed by atoms with Crippen LogP contribution in [-0.4, -0.2) is 31.2 Å². The van der Waals surface area contributed by atoms with Crippen molar-refractivity contribution in [1.29, 1.82) is 0 Å². The van der Waals surface area contributed by atoms with E-state index < -0.39 is 0 Å². The molecule has 1 aromatic rings. The van der Waals surface area contributed by atoms with E-state index in [9.17, 15) is 4.79 Å². The molecule has 0 aliphatic heterocycles. The summed E-state index contributed by atoms with van der Waals surface area (Å²) in [5.74, 6) is -0.0127. The number of aliphatic hydroxyl groups excluding tert-OH is 1. The van der Waals surface area contributed by atoms with Gasteiger partial charge < -0.3 is 21.5 Å². The van der Waals surface area contributed by atoms with E-state index in [1.54, 1.807) is 25.2 Å². The SMILES string of the molecule is CNC(=O)c1ccc(N)c(NCC(C)CO)c1. The maximum Gasteiger partial charge on any atom is 0.251 e. The lowest BCUT2D eigenvalue weighted by molar-refractivity contribution is 0.0963. The first-order valence-electron chi connectivity index (χ1n) is 5.54. The number of anilines is 2. The third-order valence-electron chi connectivity index (χ3n) is 2.50. The van der Waals surface area contributed by atoms with Crippen LogP contribution in [0.4, 0.5) is 11.4 Å². The Morgan fingerprint density at radius 2 is 2.24 bits per heavy atom. The highest BCUT2D eigenvalue weighted by Crippen LogP contribution is 2.20. The molecular weight excluding hydrogens is 218 g/mol. The highest BCUT2D eigenvalue weighted by Gasteiger charge is 2.07. The molecular formula is C12H19N3O2. The van der Waals surface area contributed by atoms with Gasteiger partial charge >= 0.3 is 0 Å². The van der Waals surface area contributed by atoms with Gasteiger partial charge in [0, 0.05) is 25.8 Å². The number of nitrogens with two attached hydrogens (primary N) is 1. The van der Waals surface area contributed by atoms with Crippen LogP contribution in [0, 0.1) is 5.92 Å². The summed E-state index contributed by atoms with van der Waals surface area (Å²) in [5.41, 5.74) is 7.66. The van der Waals surface area contributed by atoms with E-state index in [1.165, 1.54) is 0 Å². The number of hydrogen-bond donors (Lipinski definition) is 4. The number of benzene rings is 1. The average molecular weight is 237 g/mol. The molecule has 5 heteroatoms. The van der Waals surface area contributed by atoms with Crippen molar-refractivity contribution in [2.75, 3.05) is 31.2 Å². The Balaban J connectivity index is 2.80. The first-order chi connectivity index (χ1) is 8.08. The second-order valence-electron chi connectivity index (χ2n) is 4.05. The number of nitrogens with one attached hydrogen (secondary N) is 2. The van der Waals surface area contributed by atoms with Crippen molar-refractivity contribution in [3.05, 3.63) is 23.8 Å². The number of carbonyl (C=O) groups is 1. The Morgan fingerprint density at radius 3 is 2.82 bits per heavy atom. The highest BCUT2D eigenvalue weighted by atomic mass is 16.3. The van der Waals surface area contributed by atoms with E-state index in [0.717, 1.165) is 0 Å². The van der Waals surface area contributed by atoms with Crippen LogP contribution in [0.5, 0.6) is 0 Å². The molecule has 0 spiro atoms. The summed E-state index contributed by atoms with van der Waals surface area (Å²) in [6.45, 7) is 2.64. The van der Waals surface area contributed by atoms with Crippen molar-refractivity contribution in [3.8, 4) is 0 Å². The van der Waals surface area contributed by atoms with Crippen molar-refractivity contribution in [2.45, 2.75) is 6.92 Å². The monoisotopic (exact) mass is 237 g/mol. The molecule has 0 fully saturated rings. The van der Waals surface area contributed by atoms with Gasteiger partial charge in [0.25, 0.3) is 5.91 Å². The maximum absolute atomic E-state index is 11.5. The number of amides is 1. The molecule has 0 saturated heterocycles. The first-order valence-corrected chi connectivity index (χ1v) is 5.54. The Labute approximate surface area is 101 Å². The number of hydrogen-bond acceptors (Lipinski definition) is 4. The molecule has 0 saturated carbocycles. The summed E-state index contributed by atoms with van der Waals surface area (Å²) >= 11 is 0. The van der Waals surface area contributed by atoms with Crippen LogP contribution < -0.4 is 16.4 Å². The Bertz CT molecular complexity index is 393. The fourth-order valence-electron chi connectivity index (χ4n) is 1.34. The van der Waals surface area contributed by atoms with E-state index in [-0.39, 0.29) is 18.4 Å². The zero-order valence-electron chi connectivity index (χ0n) is 10.2. The molecule has 17 heavy (non-hydrogen) atoms. The van der Waals surface area contributed by atoms with Crippen LogP contribution in [0.2, 0.25) is 0 Å². The molecule has 0 radical (unpaired) electrons. The lowest BCUT2D eigenvalue weighted by atomic mass is 10.1. The molecule has 0 heterocycles. The van der Waals surface area contributed by atoms with Crippen LogP contribution in [0.3, 0.4) is 0 Å². The maximum atomic E-state index is 11.5. The molecule has 1 atom stereocenters. The molecule has 1 aromatic carbocycles. The van der Waals surface area contributed by atoms with E-state index in [2.05, 4.69) is 10.6 Å². The van der Waals surface area contributed by atoms with Crippen LogP contribution in [0.15, 0.2) is 18.2 Å². The van der Waals surface area contributed by atoms with Crippen molar-refractivity contribution in [1.82, 2.24) is 5.32 Å². The van der Waals surface area contributed by atoms with Gasteiger partial charge in [-0.15, -0.1) is 0 Å². The molecule has 5 nitrogen and oxygen atoms in total. The number of aliphatic hydroxyl groups is 1. The molecule has 0 aliphatic rings. The summed E-state index contributed by atoms with van der Waals surface area (Å²) < 4.78 is 0. The van der Waals surface area contributed by atoms with Gasteiger partial charge in [0.15, 0.2) is 0 Å². The molecule has 0 aromatic heterocycles. The second kappa shape index (κ2) is 6.10. The zero-order valence-corrected chi connectivity index (χ0v) is 10.2. The smallest absolute Gasteiger partial charge is 0.251 e. The van der Waals surface area contributed by atoms with Crippen LogP contribution in [0.1, 0.15) is 17.3 Å². The van der Waals surface area contributed by atoms with Crippen molar-refractivity contribution < 1.29 is 9.90 Å². The van der Waals surface area contributed by atoms with Gasteiger partial charge in [0.2, 0.25) is 0 Å². The topological polar surface area (TPSA) is 87.4 Å². The highest BCUT2D eigenvalue weighted by molar-refractivity contribution is 5.96. The van der Waals surface area contributed by atoms with E-state index in [1.807, 2.05) is 6.92 Å². The largest absolute Gasteiger partial charge is 0.397 e. The van der Waals surface area contributed by atoms with Crippen molar-refractivity contribution in [3.63, 3.8) is 0 Å². The first kappa shape index (κ1) is 13.3. The molecule has 1 rings (SSSR count). The standard InChI is InChI=1S/C12H19N3O2/c1-8(7-16)6-15-11-5-9(12(17)14-2)3-4-10(11)13/h3-5,8,15-16H,6-7,13H2,1-2H3,(H,14,17). The second-order valence-corrected chi connectivity index (χ2v) is 4.05. The average Bonchev–Trinajstić information content (AvgIpc) is 2.36. The van der Waals surface area contributed by atoms with Gasteiger partial charge in [-0.25, -0.2) is 0 Å². The molecule has 1 unspecified atom stereocenters. The summed E-state index contributed by atoms with van der Waals surface area (Å²) in [4.78, 5) is 11.5. The summed E-state index contributed by atoms with van der Waals surface area (Å²) in [7, 11) is 1.58. The summed E-state index contributed by atoms with van der Waals surface area (Å²) in [5, 5.41) is 14.6. The number of carbonyl (C=O) groups excluding carboxylic acids is 1. The predicted octanol–water partition coefficient (Wildman–Crippen LogP) is 0.669. The minimum absolute atomic E-state index is 0.113. The van der Waals surface area contributed by atoms with E-state index >= 15 is 0 Å². The van der Waals surface area contributed by atoms with E-state index in [0.29, 0.717) is 23.5 Å². The van der Waals surface area contributed by atoms with Gasteiger partial charge in [-0.3, -0.25) is 4.79 Å². The minimum Gasteiger partial charge on any atom is -0.397 e.